The van der Waals surface area contributed by atoms with Crippen molar-refractivity contribution in [1.82, 2.24) is 9.97 Å². The van der Waals surface area contributed by atoms with E-state index in [4.69, 9.17) is 9.47 Å². The van der Waals surface area contributed by atoms with Crippen molar-refractivity contribution in [3.05, 3.63) is 71.0 Å². The second-order valence-electron chi connectivity index (χ2n) is 7.56. The SMILES string of the molecule is CCCCOc1ccc(C2/C(=C(\O)c3ccncc3)C(=O)C(=O)N2c2nccs2)cc1OCC. The molecule has 8 nitrogen and oxygen atoms in total. The minimum atomic E-state index is -0.886. The van der Waals surface area contributed by atoms with Crippen molar-refractivity contribution in [2.75, 3.05) is 18.1 Å². The van der Waals surface area contributed by atoms with Crippen molar-refractivity contribution in [3.8, 4) is 11.5 Å². The number of rotatable bonds is 9. The number of Topliss-reactive ketones (excluding diaryl/α,β-unsaturated/α-hetero) is 1. The molecule has 1 amide bonds. The first-order valence-electron chi connectivity index (χ1n) is 11.1. The van der Waals surface area contributed by atoms with Gasteiger partial charge < -0.3 is 14.6 Å². The molecule has 4 rings (SSSR count). The molecule has 1 atom stereocenters. The number of aliphatic hydroxyl groups excluding tert-OH is 1. The number of thiazole rings is 1. The Morgan fingerprint density at radius 2 is 1.88 bits per heavy atom. The minimum absolute atomic E-state index is 0.0199. The first-order valence-corrected chi connectivity index (χ1v) is 11.9. The van der Waals surface area contributed by atoms with E-state index < -0.39 is 17.7 Å². The fourth-order valence-corrected chi connectivity index (χ4v) is 4.42. The number of ether oxygens (including phenoxy) is 2. The van der Waals surface area contributed by atoms with Crippen LogP contribution in [0, 0.1) is 0 Å². The summed E-state index contributed by atoms with van der Waals surface area (Å²) in [5.74, 6) is -0.720. The predicted octanol–water partition coefficient (Wildman–Crippen LogP) is 4.74. The highest BCUT2D eigenvalue weighted by Gasteiger charge is 2.48. The fraction of sp³-hybridized carbons (Fsp3) is 0.280. The summed E-state index contributed by atoms with van der Waals surface area (Å²) in [6, 6.07) is 7.58. The second kappa shape index (κ2) is 10.5. The van der Waals surface area contributed by atoms with Gasteiger partial charge in [0.1, 0.15) is 5.76 Å². The molecule has 1 aliphatic rings. The van der Waals surface area contributed by atoms with E-state index in [1.807, 2.05) is 6.92 Å². The van der Waals surface area contributed by atoms with E-state index in [0.29, 0.717) is 41.0 Å². The number of carbonyl (C=O) groups excluding carboxylic acids is 2. The maximum absolute atomic E-state index is 13.2. The summed E-state index contributed by atoms with van der Waals surface area (Å²) in [5.41, 5.74) is 0.964. The molecular formula is C25H25N3O5S. The molecule has 3 heterocycles. The zero-order valence-electron chi connectivity index (χ0n) is 18.9. The summed E-state index contributed by atoms with van der Waals surface area (Å²) >= 11 is 1.24. The molecule has 0 saturated carbocycles. The Labute approximate surface area is 201 Å². The number of hydrogen-bond donors (Lipinski definition) is 1. The average Bonchev–Trinajstić information content (AvgIpc) is 3.47. The lowest BCUT2D eigenvalue weighted by Crippen LogP contribution is -2.29. The van der Waals surface area contributed by atoms with Crippen LogP contribution < -0.4 is 14.4 Å². The van der Waals surface area contributed by atoms with Gasteiger partial charge in [0.15, 0.2) is 16.6 Å². The molecular weight excluding hydrogens is 454 g/mol. The van der Waals surface area contributed by atoms with Crippen LogP contribution in [0.1, 0.15) is 43.9 Å². The number of pyridine rings is 1. The number of benzene rings is 1. The van der Waals surface area contributed by atoms with Crippen LogP contribution in [0.25, 0.3) is 5.76 Å². The summed E-state index contributed by atoms with van der Waals surface area (Å²) in [7, 11) is 0. The highest BCUT2D eigenvalue weighted by atomic mass is 32.1. The summed E-state index contributed by atoms with van der Waals surface area (Å²) in [5, 5.41) is 13.2. The van der Waals surface area contributed by atoms with Gasteiger partial charge in [-0.2, -0.15) is 0 Å². The Morgan fingerprint density at radius 1 is 1.09 bits per heavy atom. The van der Waals surface area contributed by atoms with E-state index >= 15 is 0 Å². The standard InChI is InChI=1S/C25H25N3O5S/c1-3-5-13-33-18-7-6-17(15-19(18)32-4-2)21-20(22(29)16-8-10-26-11-9-16)23(30)24(31)28(21)25-27-12-14-34-25/h6-12,14-15,21,29H,3-5,13H2,1-2H3/b22-20+. The highest BCUT2D eigenvalue weighted by Crippen LogP contribution is 2.44. The van der Waals surface area contributed by atoms with Crippen molar-refractivity contribution in [3.63, 3.8) is 0 Å². The molecule has 1 fully saturated rings. The average molecular weight is 480 g/mol. The third-order valence-electron chi connectivity index (χ3n) is 5.36. The molecule has 3 aromatic rings. The summed E-state index contributed by atoms with van der Waals surface area (Å²) in [4.78, 5) is 35.8. The zero-order chi connectivity index (χ0) is 24.1. The predicted molar refractivity (Wildman–Crippen MR) is 129 cm³/mol. The van der Waals surface area contributed by atoms with Crippen LogP contribution in [0.4, 0.5) is 5.13 Å². The molecule has 2 aromatic heterocycles. The lowest BCUT2D eigenvalue weighted by Gasteiger charge is -2.24. The summed E-state index contributed by atoms with van der Waals surface area (Å²) in [6.07, 6.45) is 6.49. The van der Waals surface area contributed by atoms with Gasteiger partial charge in [0.25, 0.3) is 5.78 Å². The minimum Gasteiger partial charge on any atom is -0.507 e. The lowest BCUT2D eigenvalue weighted by atomic mass is 9.95. The van der Waals surface area contributed by atoms with Crippen molar-refractivity contribution in [1.29, 1.82) is 0 Å². The molecule has 1 aliphatic heterocycles. The number of nitrogens with zero attached hydrogens (tertiary/aromatic N) is 3. The van der Waals surface area contributed by atoms with Gasteiger partial charge in [0.05, 0.1) is 24.8 Å². The number of anilines is 1. The van der Waals surface area contributed by atoms with Crippen molar-refractivity contribution in [2.45, 2.75) is 32.7 Å². The van der Waals surface area contributed by atoms with Crippen molar-refractivity contribution < 1.29 is 24.2 Å². The van der Waals surface area contributed by atoms with Crippen molar-refractivity contribution in [2.24, 2.45) is 0 Å². The number of hydrogen-bond acceptors (Lipinski definition) is 8. The maximum Gasteiger partial charge on any atom is 0.301 e. The topological polar surface area (TPSA) is 102 Å². The van der Waals surface area contributed by atoms with Crippen LogP contribution in [0.5, 0.6) is 11.5 Å². The number of ketones is 1. The van der Waals surface area contributed by atoms with E-state index in [2.05, 4.69) is 16.9 Å². The zero-order valence-corrected chi connectivity index (χ0v) is 19.7. The molecule has 1 aromatic carbocycles. The molecule has 176 valence electrons. The molecule has 1 unspecified atom stereocenters. The van der Waals surface area contributed by atoms with Crippen LogP contribution in [0.3, 0.4) is 0 Å². The van der Waals surface area contributed by atoms with Crippen LogP contribution in [-0.4, -0.2) is 40.0 Å². The Hall–Kier alpha value is -3.72. The van der Waals surface area contributed by atoms with E-state index in [0.717, 1.165) is 12.8 Å². The Morgan fingerprint density at radius 3 is 2.56 bits per heavy atom. The van der Waals surface area contributed by atoms with E-state index in [9.17, 15) is 14.7 Å². The van der Waals surface area contributed by atoms with Gasteiger partial charge in [-0.25, -0.2) is 4.98 Å². The third-order valence-corrected chi connectivity index (χ3v) is 6.13. The molecule has 0 bridgehead atoms. The van der Waals surface area contributed by atoms with Gasteiger partial charge in [0, 0.05) is 29.5 Å². The third kappa shape index (κ3) is 4.51. The fourth-order valence-electron chi connectivity index (χ4n) is 3.75. The monoisotopic (exact) mass is 479 g/mol. The highest BCUT2D eigenvalue weighted by molar-refractivity contribution is 7.14. The first-order chi connectivity index (χ1) is 16.6. The Balaban J connectivity index is 1.86. The molecule has 34 heavy (non-hydrogen) atoms. The van der Waals surface area contributed by atoms with Gasteiger partial charge in [-0.15, -0.1) is 11.3 Å². The number of unbranched alkanes of at least 4 members (excludes halogenated alkanes) is 1. The smallest absolute Gasteiger partial charge is 0.301 e. The molecule has 9 heteroatoms. The van der Waals surface area contributed by atoms with Crippen LogP contribution in [-0.2, 0) is 9.59 Å². The first kappa shape index (κ1) is 23.4. The van der Waals surface area contributed by atoms with E-state index in [-0.39, 0.29) is 11.3 Å². The van der Waals surface area contributed by atoms with E-state index in [1.165, 1.54) is 28.6 Å². The van der Waals surface area contributed by atoms with Gasteiger partial charge >= 0.3 is 5.91 Å². The van der Waals surface area contributed by atoms with Gasteiger partial charge in [-0.1, -0.05) is 19.4 Å². The summed E-state index contributed by atoms with van der Waals surface area (Å²) in [6.45, 7) is 4.92. The van der Waals surface area contributed by atoms with Gasteiger partial charge in [-0.05, 0) is 43.2 Å². The quantitative estimate of drug-likeness (QED) is 0.205. The molecule has 0 radical (unpaired) electrons. The van der Waals surface area contributed by atoms with Gasteiger partial charge in [-0.3, -0.25) is 19.5 Å². The van der Waals surface area contributed by atoms with E-state index in [1.54, 1.807) is 41.9 Å². The number of amides is 1. The van der Waals surface area contributed by atoms with Crippen LogP contribution in [0.2, 0.25) is 0 Å². The normalized spacial score (nSPS) is 17.2. The van der Waals surface area contributed by atoms with Gasteiger partial charge in [0.2, 0.25) is 0 Å². The number of aliphatic hydroxyl groups is 1. The number of aromatic nitrogens is 2. The number of carbonyl (C=O) groups is 2. The maximum atomic E-state index is 13.2. The van der Waals surface area contributed by atoms with Crippen LogP contribution >= 0.6 is 11.3 Å². The van der Waals surface area contributed by atoms with Crippen molar-refractivity contribution >= 4 is 33.9 Å². The van der Waals surface area contributed by atoms with Crippen LogP contribution in [0.15, 0.2) is 59.9 Å². The molecule has 1 saturated heterocycles. The summed E-state index contributed by atoms with van der Waals surface area (Å²) < 4.78 is 11.7. The largest absolute Gasteiger partial charge is 0.507 e. The molecule has 0 spiro atoms. The molecule has 0 aliphatic carbocycles. The Kier molecular flexibility index (Phi) is 7.22. The second-order valence-corrected chi connectivity index (χ2v) is 8.43. The molecule has 1 N–H and O–H groups in total. The lowest BCUT2D eigenvalue weighted by molar-refractivity contribution is -0.132. The Bertz CT molecular complexity index is 1190.